The van der Waals surface area contributed by atoms with Crippen LogP contribution in [0.3, 0.4) is 0 Å². The van der Waals surface area contributed by atoms with Crippen LogP contribution in [-0.4, -0.2) is 36.1 Å². The van der Waals surface area contributed by atoms with Gasteiger partial charge in [0.1, 0.15) is 0 Å². The normalized spacial score (nSPS) is 12.0. The molecular weight excluding hydrogens is 338 g/mol. The molecule has 0 aliphatic heterocycles. The van der Waals surface area contributed by atoms with Crippen LogP contribution in [0.1, 0.15) is 5.56 Å². The molecule has 2 aromatic carbocycles. The van der Waals surface area contributed by atoms with E-state index in [1.165, 1.54) is 16.0 Å². The molecule has 0 bridgehead atoms. The van der Waals surface area contributed by atoms with Gasteiger partial charge in [-0.3, -0.25) is 4.79 Å². The van der Waals surface area contributed by atoms with E-state index in [2.05, 4.69) is 5.10 Å². The average molecular weight is 357 g/mol. The first-order valence-electron chi connectivity index (χ1n) is 7.87. The number of hydrogen-bond acceptors (Lipinski definition) is 4. The van der Waals surface area contributed by atoms with Gasteiger partial charge in [0.25, 0.3) is 5.56 Å². The summed E-state index contributed by atoms with van der Waals surface area (Å²) < 4.78 is 27.7. The number of aryl methyl sites for hydroxylation is 1. The molecule has 0 amide bonds. The molecule has 0 fully saturated rings. The molecule has 6 nitrogen and oxygen atoms in total. The van der Waals surface area contributed by atoms with E-state index in [1.807, 2.05) is 19.1 Å². The molecule has 0 aliphatic rings. The minimum Gasteiger partial charge on any atom is -0.267 e. The van der Waals surface area contributed by atoms with Gasteiger partial charge in [0.2, 0.25) is 10.0 Å². The molecule has 1 aromatic heterocycles. The lowest BCUT2D eigenvalue weighted by atomic mass is 10.2. The molecule has 0 aliphatic carbocycles. The molecule has 0 atom stereocenters. The summed E-state index contributed by atoms with van der Waals surface area (Å²) in [5, 5.41) is 5.47. The highest BCUT2D eigenvalue weighted by molar-refractivity contribution is 7.89. The van der Waals surface area contributed by atoms with Crippen molar-refractivity contribution >= 4 is 20.8 Å². The molecule has 25 heavy (non-hydrogen) atoms. The van der Waals surface area contributed by atoms with E-state index >= 15 is 0 Å². The first kappa shape index (κ1) is 17.3. The van der Waals surface area contributed by atoms with Gasteiger partial charge in [-0.05, 0) is 25.1 Å². The summed E-state index contributed by atoms with van der Waals surface area (Å²) >= 11 is 0. The Bertz CT molecular complexity index is 1060. The van der Waals surface area contributed by atoms with Crippen molar-refractivity contribution in [3.63, 3.8) is 0 Å². The van der Waals surface area contributed by atoms with Crippen molar-refractivity contribution in [2.45, 2.75) is 18.4 Å². The third kappa shape index (κ3) is 3.47. The Hall–Kier alpha value is -2.51. The molecule has 7 heteroatoms. The van der Waals surface area contributed by atoms with E-state index in [9.17, 15) is 13.2 Å². The van der Waals surface area contributed by atoms with Crippen LogP contribution in [0, 0.1) is 6.92 Å². The number of benzene rings is 2. The van der Waals surface area contributed by atoms with Crippen LogP contribution in [0.25, 0.3) is 10.8 Å². The summed E-state index contributed by atoms with van der Waals surface area (Å²) in [5.74, 6) is 0. The van der Waals surface area contributed by atoms with Crippen LogP contribution < -0.4 is 5.56 Å². The van der Waals surface area contributed by atoms with E-state index in [0.29, 0.717) is 5.39 Å². The Morgan fingerprint density at radius 1 is 1.08 bits per heavy atom. The van der Waals surface area contributed by atoms with Crippen molar-refractivity contribution in [2.75, 3.05) is 13.6 Å². The summed E-state index contributed by atoms with van der Waals surface area (Å²) in [6, 6.07) is 13.9. The van der Waals surface area contributed by atoms with Gasteiger partial charge in [-0.15, -0.1) is 0 Å². The predicted octanol–water partition coefficient (Wildman–Crippen LogP) is 2.03. The summed E-state index contributed by atoms with van der Waals surface area (Å²) in [6.45, 7) is 2.24. The molecule has 0 spiro atoms. The van der Waals surface area contributed by atoms with E-state index in [-0.39, 0.29) is 23.5 Å². The molecule has 130 valence electrons. The second-order valence-corrected chi connectivity index (χ2v) is 7.94. The summed E-state index contributed by atoms with van der Waals surface area (Å²) in [5.41, 5.74) is 0.771. The van der Waals surface area contributed by atoms with Crippen LogP contribution in [-0.2, 0) is 16.6 Å². The lowest BCUT2D eigenvalue weighted by Gasteiger charge is -2.17. The van der Waals surface area contributed by atoms with Crippen LogP contribution in [0.4, 0.5) is 0 Å². The summed E-state index contributed by atoms with van der Waals surface area (Å²) in [6.07, 6.45) is 1.62. The molecule has 3 aromatic rings. The highest BCUT2D eigenvalue weighted by atomic mass is 32.2. The van der Waals surface area contributed by atoms with Crippen LogP contribution in [0.5, 0.6) is 0 Å². The molecule has 3 rings (SSSR count). The van der Waals surface area contributed by atoms with E-state index in [4.69, 9.17) is 0 Å². The van der Waals surface area contributed by atoms with Crippen molar-refractivity contribution in [3.05, 3.63) is 70.6 Å². The zero-order chi connectivity index (χ0) is 18.0. The number of hydrogen-bond donors (Lipinski definition) is 0. The molecule has 0 unspecified atom stereocenters. The standard InChI is InChI=1S/C18H19N3O3S/c1-14-7-9-16(10-8-14)25(23,24)20(2)11-12-21-18(22)17-6-4-3-5-15(17)13-19-21/h3-10,13H,11-12H2,1-2H3. The second-order valence-electron chi connectivity index (χ2n) is 5.90. The van der Waals surface area contributed by atoms with E-state index in [0.717, 1.165) is 10.9 Å². The maximum Gasteiger partial charge on any atom is 0.274 e. The Kier molecular flexibility index (Phi) is 4.69. The first-order chi connectivity index (χ1) is 11.9. The predicted molar refractivity (Wildman–Crippen MR) is 97.0 cm³/mol. The van der Waals surface area contributed by atoms with Gasteiger partial charge in [0, 0.05) is 19.0 Å². The average Bonchev–Trinajstić information content (AvgIpc) is 2.61. The third-order valence-electron chi connectivity index (χ3n) is 4.12. The molecule has 0 N–H and O–H groups in total. The number of likely N-dealkylation sites (N-methyl/N-ethyl adjacent to an activating group) is 1. The minimum absolute atomic E-state index is 0.154. The van der Waals surface area contributed by atoms with Gasteiger partial charge >= 0.3 is 0 Å². The van der Waals surface area contributed by atoms with Gasteiger partial charge in [-0.1, -0.05) is 35.9 Å². The largest absolute Gasteiger partial charge is 0.274 e. The van der Waals surface area contributed by atoms with Crippen LogP contribution >= 0.6 is 0 Å². The maximum absolute atomic E-state index is 12.6. The fraction of sp³-hybridized carbons (Fsp3) is 0.222. The lowest BCUT2D eigenvalue weighted by molar-refractivity contribution is 0.427. The topological polar surface area (TPSA) is 72.3 Å². The SMILES string of the molecule is Cc1ccc(S(=O)(=O)N(C)CCn2ncc3ccccc3c2=O)cc1. The number of nitrogens with zero attached hydrogens (tertiary/aromatic N) is 3. The Morgan fingerprint density at radius 3 is 2.48 bits per heavy atom. The zero-order valence-electron chi connectivity index (χ0n) is 14.1. The molecular formula is C18H19N3O3S. The third-order valence-corrected chi connectivity index (χ3v) is 5.99. The number of sulfonamides is 1. The Morgan fingerprint density at radius 2 is 1.76 bits per heavy atom. The molecule has 0 saturated carbocycles. The van der Waals surface area contributed by atoms with Gasteiger partial charge in [0.15, 0.2) is 0 Å². The fourth-order valence-electron chi connectivity index (χ4n) is 2.53. The maximum atomic E-state index is 12.6. The van der Waals surface area contributed by atoms with Crippen molar-refractivity contribution < 1.29 is 8.42 Å². The smallest absolute Gasteiger partial charge is 0.267 e. The first-order valence-corrected chi connectivity index (χ1v) is 9.31. The summed E-state index contributed by atoms with van der Waals surface area (Å²) in [7, 11) is -2.09. The van der Waals surface area contributed by atoms with Gasteiger partial charge < -0.3 is 0 Å². The molecule has 0 saturated heterocycles. The van der Waals surface area contributed by atoms with Gasteiger partial charge in [0.05, 0.1) is 23.0 Å². The molecule has 0 radical (unpaired) electrons. The summed E-state index contributed by atoms with van der Waals surface area (Å²) in [4.78, 5) is 12.7. The van der Waals surface area contributed by atoms with Crippen LogP contribution in [0.15, 0.2) is 64.4 Å². The van der Waals surface area contributed by atoms with Crippen molar-refractivity contribution in [3.8, 4) is 0 Å². The van der Waals surface area contributed by atoms with Crippen molar-refractivity contribution in [1.29, 1.82) is 0 Å². The Labute approximate surface area is 146 Å². The lowest BCUT2D eigenvalue weighted by Crippen LogP contribution is -2.33. The van der Waals surface area contributed by atoms with E-state index < -0.39 is 10.0 Å². The van der Waals surface area contributed by atoms with E-state index in [1.54, 1.807) is 42.6 Å². The highest BCUT2D eigenvalue weighted by Crippen LogP contribution is 2.15. The highest BCUT2D eigenvalue weighted by Gasteiger charge is 2.20. The fourth-order valence-corrected chi connectivity index (χ4v) is 3.69. The second kappa shape index (κ2) is 6.78. The van der Waals surface area contributed by atoms with Gasteiger partial charge in [-0.2, -0.15) is 9.40 Å². The van der Waals surface area contributed by atoms with Gasteiger partial charge in [-0.25, -0.2) is 13.1 Å². The number of aromatic nitrogens is 2. The minimum atomic E-state index is -3.59. The van der Waals surface area contributed by atoms with Crippen molar-refractivity contribution in [2.24, 2.45) is 0 Å². The van der Waals surface area contributed by atoms with Crippen molar-refractivity contribution in [1.82, 2.24) is 14.1 Å². The number of fused-ring (bicyclic) bond motifs is 1. The zero-order valence-corrected chi connectivity index (χ0v) is 14.9. The molecule has 1 heterocycles. The Balaban J connectivity index is 1.80. The monoisotopic (exact) mass is 357 g/mol. The van der Waals surface area contributed by atoms with Crippen LogP contribution in [0.2, 0.25) is 0 Å². The quantitative estimate of drug-likeness (QED) is 0.700. The number of rotatable bonds is 5.